The molecule has 4 heteroatoms. The van der Waals surface area contributed by atoms with Gasteiger partial charge in [-0.15, -0.1) is 0 Å². The van der Waals surface area contributed by atoms with Gasteiger partial charge in [-0.1, -0.05) is 30.0 Å². The van der Waals surface area contributed by atoms with Crippen molar-refractivity contribution in [3.05, 3.63) is 41.0 Å². The fraction of sp³-hybridized carbons (Fsp3) is 0.182. The summed E-state index contributed by atoms with van der Waals surface area (Å²) in [6.07, 6.45) is 0.391. The molecular weight excluding hydrogens is 219 g/mol. The predicted molar refractivity (Wildman–Crippen MR) is 49.1 cm³/mol. The van der Waals surface area contributed by atoms with E-state index in [1.807, 2.05) is 12.1 Å². The fourth-order valence-corrected chi connectivity index (χ4v) is 1.62. The van der Waals surface area contributed by atoms with Crippen LogP contribution in [0.5, 0.6) is 0 Å². The Morgan fingerprint density at radius 3 is 2.67 bits per heavy atom. The van der Waals surface area contributed by atoms with Crippen LogP contribution in [-0.4, -0.2) is 13.1 Å². The van der Waals surface area contributed by atoms with Crippen molar-refractivity contribution < 1.29 is 66.0 Å². The number of benzene rings is 1. The van der Waals surface area contributed by atoms with Crippen molar-refractivity contribution in [1.82, 2.24) is 0 Å². The van der Waals surface area contributed by atoms with Crippen LogP contribution >= 0.6 is 0 Å². The number of hydrogen-bond acceptors (Lipinski definition) is 3. The van der Waals surface area contributed by atoms with Crippen molar-refractivity contribution in [1.29, 1.82) is 0 Å². The number of carbonyl (C=O) groups is 1. The van der Waals surface area contributed by atoms with Gasteiger partial charge >= 0.3 is 57.4 Å². The van der Waals surface area contributed by atoms with E-state index in [4.69, 9.17) is 0 Å². The molecule has 0 amide bonds. The van der Waals surface area contributed by atoms with Crippen LogP contribution in [0, 0.1) is 0 Å². The first-order valence-corrected chi connectivity index (χ1v) is 4.31. The second-order valence-corrected chi connectivity index (χ2v) is 3.13. The van der Waals surface area contributed by atoms with Crippen LogP contribution in [0.1, 0.15) is 11.1 Å². The van der Waals surface area contributed by atoms with E-state index in [9.17, 15) is 9.90 Å². The molecule has 15 heavy (non-hydrogen) atoms. The second-order valence-electron chi connectivity index (χ2n) is 3.13. The summed E-state index contributed by atoms with van der Waals surface area (Å²) in [4.78, 5) is 11.2. The minimum atomic E-state index is -0.522. The Hall–Kier alpha value is -0.134. The van der Waals surface area contributed by atoms with Crippen molar-refractivity contribution >= 4 is 11.7 Å². The number of ether oxygens (including phenoxy) is 1. The van der Waals surface area contributed by atoms with Crippen LogP contribution in [0.4, 0.5) is 0 Å². The average molecular weight is 228 g/mol. The van der Waals surface area contributed by atoms with Gasteiger partial charge in [-0.2, -0.15) is 0 Å². The van der Waals surface area contributed by atoms with Crippen LogP contribution < -0.4 is 56.5 Å². The number of rotatable bonds is 1. The van der Waals surface area contributed by atoms with Crippen molar-refractivity contribution in [2.45, 2.75) is 6.42 Å². The molecule has 1 aromatic rings. The number of esters is 1. The summed E-state index contributed by atoms with van der Waals surface area (Å²) in [6.45, 7) is 0. The Morgan fingerprint density at radius 1 is 1.40 bits per heavy atom. The third-order valence-corrected chi connectivity index (χ3v) is 2.34. The molecular formula is C11H9KO3. The molecule has 0 fully saturated rings. The Kier molecular flexibility index (Phi) is 4.55. The van der Waals surface area contributed by atoms with E-state index in [2.05, 4.69) is 4.74 Å². The minimum absolute atomic E-state index is 0. The van der Waals surface area contributed by atoms with Crippen molar-refractivity contribution in [3.63, 3.8) is 0 Å². The monoisotopic (exact) mass is 228 g/mol. The molecule has 0 unspecified atom stereocenters. The molecule has 2 rings (SSSR count). The summed E-state index contributed by atoms with van der Waals surface area (Å²) in [5, 5.41) is 11.7. The standard InChI is InChI=1S/C11H10O3.K/c1-14-11(13)9-6-7-4-2-3-5-8(7)10(9)12;/h2-5,12H,6H2,1H3;/q;+1/p-1. The van der Waals surface area contributed by atoms with Gasteiger partial charge in [-0.3, -0.25) is 0 Å². The zero-order chi connectivity index (χ0) is 10.1. The first-order valence-electron chi connectivity index (χ1n) is 4.31. The molecule has 3 nitrogen and oxygen atoms in total. The molecule has 0 spiro atoms. The molecule has 0 N–H and O–H groups in total. The minimum Gasteiger partial charge on any atom is -0.872 e. The summed E-state index contributed by atoms with van der Waals surface area (Å²) < 4.78 is 4.54. The maximum atomic E-state index is 11.7. The average Bonchev–Trinajstić information content (AvgIpc) is 2.56. The summed E-state index contributed by atoms with van der Waals surface area (Å²) in [6, 6.07) is 7.22. The quantitative estimate of drug-likeness (QED) is 0.394. The van der Waals surface area contributed by atoms with E-state index in [0.717, 1.165) is 5.56 Å². The Morgan fingerprint density at radius 2 is 2.07 bits per heavy atom. The van der Waals surface area contributed by atoms with Gasteiger partial charge in [-0.05, 0) is 11.1 Å². The van der Waals surface area contributed by atoms with Gasteiger partial charge in [-0.25, -0.2) is 4.79 Å². The smallest absolute Gasteiger partial charge is 0.872 e. The zero-order valence-corrected chi connectivity index (χ0v) is 11.9. The number of fused-ring (bicyclic) bond motifs is 1. The molecule has 0 saturated carbocycles. The van der Waals surface area contributed by atoms with Gasteiger partial charge in [0.05, 0.1) is 7.11 Å². The summed E-state index contributed by atoms with van der Waals surface area (Å²) in [7, 11) is 1.28. The van der Waals surface area contributed by atoms with Gasteiger partial charge in [0, 0.05) is 12.0 Å². The summed E-state index contributed by atoms with van der Waals surface area (Å²) in [5.74, 6) is -0.723. The molecule has 0 saturated heterocycles. The van der Waals surface area contributed by atoms with Crippen LogP contribution in [0.2, 0.25) is 0 Å². The number of hydrogen-bond donors (Lipinski definition) is 0. The van der Waals surface area contributed by atoms with Gasteiger partial charge in [0.1, 0.15) is 0 Å². The Labute approximate surface area is 131 Å². The molecule has 1 aliphatic carbocycles. The summed E-state index contributed by atoms with van der Waals surface area (Å²) in [5.41, 5.74) is 1.75. The maximum Gasteiger partial charge on any atom is 1.00 e. The van der Waals surface area contributed by atoms with Gasteiger partial charge in [0.15, 0.2) is 0 Å². The number of carbonyl (C=O) groups excluding carboxylic acids is 1. The van der Waals surface area contributed by atoms with Gasteiger partial charge < -0.3 is 9.84 Å². The van der Waals surface area contributed by atoms with Crippen LogP contribution in [0.15, 0.2) is 29.8 Å². The molecule has 72 valence electrons. The van der Waals surface area contributed by atoms with Crippen molar-refractivity contribution in [2.75, 3.05) is 7.11 Å². The fourth-order valence-electron chi connectivity index (χ4n) is 1.62. The summed E-state index contributed by atoms with van der Waals surface area (Å²) >= 11 is 0. The van der Waals surface area contributed by atoms with Gasteiger partial charge in [0.2, 0.25) is 0 Å². The predicted octanol–water partition coefficient (Wildman–Crippen LogP) is -2.51. The zero-order valence-electron chi connectivity index (χ0n) is 8.74. The third kappa shape index (κ3) is 2.34. The van der Waals surface area contributed by atoms with E-state index in [1.165, 1.54) is 7.11 Å². The van der Waals surface area contributed by atoms with Gasteiger partial charge in [0.25, 0.3) is 0 Å². The van der Waals surface area contributed by atoms with E-state index < -0.39 is 5.97 Å². The second kappa shape index (κ2) is 5.27. The molecule has 1 aliphatic rings. The SMILES string of the molecule is COC(=O)C1=C([O-])c2ccccc2C1.[K+]. The van der Waals surface area contributed by atoms with Crippen molar-refractivity contribution in [2.24, 2.45) is 0 Å². The molecule has 0 aliphatic heterocycles. The van der Waals surface area contributed by atoms with E-state index >= 15 is 0 Å². The topological polar surface area (TPSA) is 49.4 Å². The molecule has 0 heterocycles. The van der Waals surface area contributed by atoms with Crippen LogP contribution in [0.3, 0.4) is 0 Å². The van der Waals surface area contributed by atoms with Crippen LogP contribution in [0.25, 0.3) is 5.76 Å². The normalized spacial score (nSPS) is 13.1. The number of methoxy groups -OCH3 is 1. The first-order chi connectivity index (χ1) is 6.74. The third-order valence-electron chi connectivity index (χ3n) is 2.34. The Balaban J connectivity index is 0.00000112. The van der Waals surface area contributed by atoms with Crippen molar-refractivity contribution in [3.8, 4) is 0 Å². The molecule has 0 bridgehead atoms. The van der Waals surface area contributed by atoms with E-state index in [0.29, 0.717) is 12.0 Å². The van der Waals surface area contributed by atoms with E-state index in [-0.39, 0.29) is 62.7 Å². The first kappa shape index (κ1) is 12.9. The molecule has 1 aromatic carbocycles. The van der Waals surface area contributed by atoms with E-state index in [1.54, 1.807) is 12.1 Å². The largest absolute Gasteiger partial charge is 1.00 e. The maximum absolute atomic E-state index is 11.7. The molecule has 0 aromatic heterocycles. The van der Waals surface area contributed by atoms with Crippen LogP contribution in [-0.2, 0) is 16.0 Å². The molecule has 0 radical (unpaired) electrons. The Bertz CT molecular complexity index is 424. The molecule has 0 atom stereocenters.